The number of nitro groups is 1. The SMILES string of the molecule is Nc1cccc(C(=O)O)c1C(=O)O.O=C(O)c1cccc([N+](=O)[O-])c1C(=O)O. The Morgan fingerprint density at radius 2 is 1.18 bits per heavy atom. The molecule has 0 unspecified atom stereocenters. The van der Waals surface area contributed by atoms with Gasteiger partial charge in [0.25, 0.3) is 5.69 Å². The van der Waals surface area contributed by atoms with Gasteiger partial charge in [0.1, 0.15) is 0 Å². The van der Waals surface area contributed by atoms with Crippen LogP contribution >= 0.6 is 0 Å². The standard InChI is InChI=1S/C8H5NO6.C8H7NO4/c10-7(11)4-2-1-3-5(9(14)15)6(4)8(12)13;9-5-3-1-2-4(7(10)11)6(5)8(12)13/h1-3H,(H,10,11)(H,12,13);1-3H,9H2,(H,10,11)(H,12,13). The number of hydrogen-bond acceptors (Lipinski definition) is 7. The first kappa shape index (κ1) is 21.6. The van der Waals surface area contributed by atoms with Crippen LogP contribution in [0, 0.1) is 10.1 Å². The molecule has 0 aliphatic carbocycles. The van der Waals surface area contributed by atoms with Gasteiger partial charge in [-0.2, -0.15) is 0 Å². The van der Waals surface area contributed by atoms with Crippen molar-refractivity contribution in [1.29, 1.82) is 0 Å². The van der Waals surface area contributed by atoms with Gasteiger partial charge < -0.3 is 26.2 Å². The molecule has 0 atom stereocenters. The summed E-state index contributed by atoms with van der Waals surface area (Å²) < 4.78 is 0. The number of hydrogen-bond donors (Lipinski definition) is 5. The molecule has 0 amide bonds. The minimum atomic E-state index is -1.64. The number of nitrogens with two attached hydrogens (primary N) is 1. The maximum Gasteiger partial charge on any atom is 0.343 e. The highest BCUT2D eigenvalue weighted by molar-refractivity contribution is 6.05. The lowest BCUT2D eigenvalue weighted by atomic mass is 10.1. The topological polar surface area (TPSA) is 218 Å². The van der Waals surface area contributed by atoms with Crippen LogP contribution in [-0.2, 0) is 0 Å². The van der Waals surface area contributed by atoms with Gasteiger partial charge in [-0.3, -0.25) is 10.1 Å². The number of benzene rings is 2. The molecule has 12 nitrogen and oxygen atoms in total. The molecule has 0 bridgehead atoms. The average molecular weight is 392 g/mol. The smallest absolute Gasteiger partial charge is 0.343 e. The second-order valence-corrected chi connectivity index (χ2v) is 4.95. The number of carbonyl (C=O) groups is 4. The molecule has 146 valence electrons. The zero-order chi connectivity index (χ0) is 21.6. The lowest BCUT2D eigenvalue weighted by molar-refractivity contribution is -0.385. The van der Waals surface area contributed by atoms with E-state index in [-0.39, 0.29) is 16.8 Å². The van der Waals surface area contributed by atoms with Gasteiger partial charge in [-0.15, -0.1) is 0 Å². The number of nitrogen functional groups attached to an aromatic ring is 1. The van der Waals surface area contributed by atoms with Gasteiger partial charge in [0.15, 0.2) is 5.56 Å². The Labute approximate surface area is 155 Å². The minimum absolute atomic E-state index is 0.0487. The van der Waals surface area contributed by atoms with E-state index < -0.39 is 45.6 Å². The zero-order valence-corrected chi connectivity index (χ0v) is 13.7. The molecule has 28 heavy (non-hydrogen) atoms. The molecule has 0 fully saturated rings. The van der Waals surface area contributed by atoms with Crippen LogP contribution in [0.25, 0.3) is 0 Å². The lowest BCUT2D eigenvalue weighted by Crippen LogP contribution is -2.10. The summed E-state index contributed by atoms with van der Waals surface area (Å²) in [5, 5.41) is 45.0. The normalized spacial score (nSPS) is 9.57. The van der Waals surface area contributed by atoms with Crippen LogP contribution in [-0.4, -0.2) is 49.2 Å². The quantitative estimate of drug-likeness (QED) is 0.280. The van der Waals surface area contributed by atoms with Gasteiger partial charge >= 0.3 is 23.9 Å². The van der Waals surface area contributed by atoms with Crippen molar-refractivity contribution in [2.45, 2.75) is 0 Å². The third kappa shape index (κ3) is 4.78. The minimum Gasteiger partial charge on any atom is -0.478 e. The fourth-order valence-corrected chi connectivity index (χ4v) is 2.08. The van der Waals surface area contributed by atoms with Crippen LogP contribution in [0.2, 0.25) is 0 Å². The van der Waals surface area contributed by atoms with Crippen molar-refractivity contribution in [1.82, 2.24) is 0 Å². The number of aromatic carboxylic acids is 4. The van der Waals surface area contributed by atoms with Crippen molar-refractivity contribution < 1.29 is 44.5 Å². The van der Waals surface area contributed by atoms with Gasteiger partial charge in [-0.25, -0.2) is 19.2 Å². The summed E-state index contributed by atoms with van der Waals surface area (Å²) >= 11 is 0. The molecule has 2 rings (SSSR count). The van der Waals surface area contributed by atoms with Crippen molar-refractivity contribution in [3.05, 3.63) is 68.8 Å². The van der Waals surface area contributed by atoms with Gasteiger partial charge in [0, 0.05) is 11.8 Å². The number of nitrogens with zero attached hydrogens (tertiary/aromatic N) is 1. The molecule has 12 heteroatoms. The molecule has 0 spiro atoms. The fourth-order valence-electron chi connectivity index (χ4n) is 2.08. The van der Waals surface area contributed by atoms with Crippen molar-refractivity contribution in [2.75, 3.05) is 5.73 Å². The molecule has 0 aliphatic rings. The Bertz CT molecular complexity index is 951. The number of carboxylic acid groups (broad SMARTS) is 4. The van der Waals surface area contributed by atoms with Crippen LogP contribution in [0.15, 0.2) is 36.4 Å². The maximum atomic E-state index is 10.7. The molecule has 0 aromatic heterocycles. The second-order valence-electron chi connectivity index (χ2n) is 4.95. The summed E-state index contributed by atoms with van der Waals surface area (Å²) in [6, 6.07) is 6.99. The largest absolute Gasteiger partial charge is 0.478 e. The Morgan fingerprint density at radius 1 is 0.750 bits per heavy atom. The molecular weight excluding hydrogens is 380 g/mol. The summed E-state index contributed by atoms with van der Waals surface area (Å²) in [6.07, 6.45) is 0. The molecule has 2 aromatic rings. The van der Waals surface area contributed by atoms with Crippen molar-refractivity contribution in [3.63, 3.8) is 0 Å². The van der Waals surface area contributed by atoms with E-state index in [1.165, 1.54) is 18.2 Å². The molecule has 6 N–H and O–H groups in total. The Balaban J connectivity index is 0.000000283. The van der Waals surface area contributed by atoms with E-state index in [1.54, 1.807) is 0 Å². The van der Waals surface area contributed by atoms with Crippen molar-refractivity contribution in [3.8, 4) is 0 Å². The van der Waals surface area contributed by atoms with Crippen LogP contribution in [0.3, 0.4) is 0 Å². The molecular formula is C16H12N2O10. The van der Waals surface area contributed by atoms with Crippen LogP contribution in [0.5, 0.6) is 0 Å². The van der Waals surface area contributed by atoms with Gasteiger partial charge in [0.2, 0.25) is 0 Å². The average Bonchev–Trinajstić information content (AvgIpc) is 2.60. The summed E-state index contributed by atoms with van der Waals surface area (Å²) in [7, 11) is 0. The molecule has 2 aromatic carbocycles. The Hall–Kier alpha value is -4.48. The Kier molecular flexibility index (Phi) is 6.74. The highest BCUT2D eigenvalue weighted by Crippen LogP contribution is 2.22. The predicted molar refractivity (Wildman–Crippen MR) is 91.8 cm³/mol. The van der Waals surface area contributed by atoms with E-state index in [2.05, 4.69) is 0 Å². The highest BCUT2D eigenvalue weighted by atomic mass is 16.6. The van der Waals surface area contributed by atoms with Crippen LogP contribution < -0.4 is 5.73 Å². The number of carboxylic acids is 4. The summed E-state index contributed by atoms with van der Waals surface area (Å²) in [5.41, 5.74) is 2.46. The lowest BCUT2D eigenvalue weighted by Gasteiger charge is -2.03. The molecule has 0 saturated carbocycles. The van der Waals surface area contributed by atoms with Gasteiger partial charge in [-0.05, 0) is 18.2 Å². The third-order valence-electron chi connectivity index (χ3n) is 3.22. The highest BCUT2D eigenvalue weighted by Gasteiger charge is 2.26. The van der Waals surface area contributed by atoms with Crippen LogP contribution in [0.1, 0.15) is 41.4 Å². The summed E-state index contributed by atoms with van der Waals surface area (Å²) in [5.74, 6) is -5.80. The number of anilines is 1. The van der Waals surface area contributed by atoms with Gasteiger partial charge in [0.05, 0.1) is 21.6 Å². The predicted octanol–water partition coefficient (Wildman–Crippen LogP) is 1.66. The molecule has 0 aliphatic heterocycles. The van der Waals surface area contributed by atoms with Crippen LogP contribution in [0.4, 0.5) is 11.4 Å². The van der Waals surface area contributed by atoms with E-state index in [0.717, 1.165) is 18.2 Å². The van der Waals surface area contributed by atoms with E-state index in [9.17, 15) is 29.3 Å². The van der Waals surface area contributed by atoms with E-state index in [4.69, 9.17) is 26.2 Å². The monoisotopic (exact) mass is 392 g/mol. The first-order valence-electron chi connectivity index (χ1n) is 7.08. The first-order chi connectivity index (χ1) is 13.0. The zero-order valence-electron chi connectivity index (χ0n) is 13.7. The molecule has 0 heterocycles. The van der Waals surface area contributed by atoms with Gasteiger partial charge in [-0.1, -0.05) is 12.1 Å². The number of rotatable bonds is 5. The Morgan fingerprint density at radius 3 is 1.54 bits per heavy atom. The maximum absolute atomic E-state index is 10.7. The first-order valence-corrected chi connectivity index (χ1v) is 7.08. The summed E-state index contributed by atoms with van der Waals surface area (Å²) in [6.45, 7) is 0. The molecule has 0 saturated heterocycles. The summed E-state index contributed by atoms with van der Waals surface area (Å²) in [4.78, 5) is 52.0. The number of nitro benzene ring substituents is 1. The van der Waals surface area contributed by atoms with E-state index in [0.29, 0.717) is 0 Å². The van der Waals surface area contributed by atoms with E-state index >= 15 is 0 Å². The van der Waals surface area contributed by atoms with Crippen molar-refractivity contribution >= 4 is 35.3 Å². The third-order valence-corrected chi connectivity index (χ3v) is 3.22. The second kappa shape index (κ2) is 8.75. The fraction of sp³-hybridized carbons (Fsp3) is 0. The van der Waals surface area contributed by atoms with Crippen molar-refractivity contribution in [2.24, 2.45) is 0 Å². The van der Waals surface area contributed by atoms with E-state index in [1.807, 2.05) is 0 Å². The molecule has 0 radical (unpaired) electrons.